The summed E-state index contributed by atoms with van der Waals surface area (Å²) in [6.45, 7) is 16.3. The lowest BCUT2D eigenvalue weighted by molar-refractivity contribution is -0.141. The number of carbonyl (C=O) groups is 2. The Balaban J connectivity index is 0.634. The molecule has 2 bridgehead atoms. The van der Waals surface area contributed by atoms with Crippen LogP contribution in [-0.4, -0.2) is 140 Å². The number of aromatic hydroxyl groups is 1. The number of nitrogens with zero attached hydrogens (tertiary/aromatic N) is 9. The van der Waals surface area contributed by atoms with Crippen LogP contribution in [0.2, 0.25) is 0 Å². The Morgan fingerprint density at radius 3 is 2.37 bits per heavy atom. The summed E-state index contributed by atoms with van der Waals surface area (Å²) in [7, 11) is 0. The van der Waals surface area contributed by atoms with Crippen LogP contribution in [0.1, 0.15) is 114 Å². The van der Waals surface area contributed by atoms with Crippen molar-refractivity contribution in [1.29, 1.82) is 0 Å². The summed E-state index contributed by atoms with van der Waals surface area (Å²) in [5, 5.41) is 35.1. The van der Waals surface area contributed by atoms with Gasteiger partial charge in [0, 0.05) is 75.6 Å². The normalized spacial score (nSPS) is 21.7. The summed E-state index contributed by atoms with van der Waals surface area (Å²) in [5.41, 5.74) is 6.71. The predicted octanol–water partition coefficient (Wildman–Crippen LogP) is 9.59. The number of amides is 2. The number of aliphatic hydroxyl groups excluding tert-OH is 1. The van der Waals surface area contributed by atoms with E-state index >= 15 is 4.39 Å². The standard InChI is InChI=1S/C63H76FN11O6S/c1-6-41-8-7-9-44-27-47(76)28-49(55(41)44)57-56(64)58-50(31-65-57)60(74-32-45-14-15-46(33-74)68-45)70-63(69-58)80-25-24-72-20-16-39(17-21-72)26-40-18-22-73(23-19-40)53-30-52(81-71-53)54(36(2)3)62(79)75-34-48(77)29-51(75)61(78)67-37(4)42-10-12-43(13-11-42)59-38(5)66-35-82-59/h7-13,27-28,30-31,35-37,39-40,45-46,48,51,54,68,76-77H,6,14-26,29,32-34H2,1-5H3,(H,67,78)/t37?,45?,46?,48-,51+,54?/m1/s1. The largest absolute Gasteiger partial charge is 0.508 e. The molecule has 5 aliphatic rings. The minimum atomic E-state index is -0.813. The van der Waals surface area contributed by atoms with Crippen molar-refractivity contribution < 1.29 is 33.5 Å². The maximum Gasteiger partial charge on any atom is 0.319 e. The highest BCUT2D eigenvalue weighted by molar-refractivity contribution is 7.13. The third-order valence-electron chi connectivity index (χ3n) is 18.2. The van der Waals surface area contributed by atoms with E-state index in [0.717, 1.165) is 128 Å². The SMILES string of the molecule is CCc1cccc2cc(O)cc(-c3ncc4c(N5CC6CCC(C5)N6)nc(OCCN5CCC(CC6CCN(c7cc(C(C(=O)N8C[C@H](O)C[C@H]8C(=O)NC(C)c8ccc(-c9scnc9C)cc8)C(C)C)on7)CC6)CC5)nc4c3F)c12. The first-order valence-electron chi connectivity index (χ1n) is 29.7. The quantitative estimate of drug-likeness (QED) is 0.0672. The van der Waals surface area contributed by atoms with E-state index in [1.54, 1.807) is 29.7 Å². The average Bonchev–Trinajstić information content (AvgIpc) is 3.28. The highest BCUT2D eigenvalue weighted by atomic mass is 32.1. The van der Waals surface area contributed by atoms with Crippen molar-refractivity contribution in [3.8, 4) is 33.5 Å². The number of β-amino-alcohol motifs (C(OH)–C–C–N with tert-alkyl or cyclic N) is 1. The van der Waals surface area contributed by atoms with Gasteiger partial charge in [-0.25, -0.2) is 9.37 Å². The van der Waals surface area contributed by atoms with Gasteiger partial charge in [-0.1, -0.05) is 68.4 Å². The number of pyridine rings is 1. The number of nitrogens with one attached hydrogen (secondary N) is 2. The summed E-state index contributed by atoms with van der Waals surface area (Å²) >= 11 is 1.60. The van der Waals surface area contributed by atoms with Gasteiger partial charge in [-0.05, 0) is 136 Å². The second-order valence-electron chi connectivity index (χ2n) is 24.0. The number of aliphatic hydroxyl groups is 1. The molecule has 5 saturated heterocycles. The van der Waals surface area contributed by atoms with Gasteiger partial charge in [0.1, 0.15) is 41.3 Å². The third-order valence-corrected chi connectivity index (χ3v) is 19.2. The van der Waals surface area contributed by atoms with Crippen LogP contribution in [0.15, 0.2) is 76.9 Å². The average molecular weight is 1130 g/mol. The van der Waals surface area contributed by atoms with E-state index in [1.165, 1.54) is 11.3 Å². The first-order chi connectivity index (χ1) is 39.7. The van der Waals surface area contributed by atoms with E-state index in [1.807, 2.05) is 81.7 Å². The molecule has 3 aromatic carbocycles. The number of rotatable bonds is 17. The first kappa shape index (κ1) is 55.7. The molecule has 0 spiro atoms. The minimum absolute atomic E-state index is 0.0471. The third kappa shape index (κ3) is 11.5. The number of hydrogen-bond acceptors (Lipinski definition) is 16. The fraction of sp³-hybridized carbons (Fsp3) is 0.508. The number of aryl methyl sites for hydroxylation is 2. The van der Waals surface area contributed by atoms with Crippen LogP contribution in [0.25, 0.3) is 43.4 Å². The number of halogens is 1. The number of piperidine rings is 2. The summed E-state index contributed by atoms with van der Waals surface area (Å²) in [4.78, 5) is 56.7. The molecule has 5 aliphatic heterocycles. The van der Waals surface area contributed by atoms with Crippen molar-refractivity contribution in [1.82, 2.24) is 45.5 Å². The van der Waals surface area contributed by atoms with Crippen molar-refractivity contribution in [3.05, 3.63) is 101 Å². The Morgan fingerprint density at radius 2 is 1.66 bits per heavy atom. The zero-order chi connectivity index (χ0) is 56.8. The lowest BCUT2D eigenvalue weighted by Gasteiger charge is -2.36. The topological polar surface area (TPSA) is 198 Å². The van der Waals surface area contributed by atoms with E-state index in [4.69, 9.17) is 24.2 Å². The van der Waals surface area contributed by atoms with Crippen LogP contribution in [0.5, 0.6) is 11.8 Å². The lowest BCUT2D eigenvalue weighted by Crippen LogP contribution is -2.51. The molecule has 0 radical (unpaired) electrons. The molecule has 0 saturated carbocycles. The summed E-state index contributed by atoms with van der Waals surface area (Å²) in [5.74, 6) is 1.22. The number of fused-ring (bicyclic) bond motifs is 4. The van der Waals surface area contributed by atoms with Crippen LogP contribution in [0, 0.1) is 30.5 Å². The molecule has 432 valence electrons. The Labute approximate surface area is 482 Å². The van der Waals surface area contributed by atoms with Gasteiger partial charge >= 0.3 is 6.01 Å². The molecule has 0 aliphatic carbocycles. The fourth-order valence-electron chi connectivity index (χ4n) is 13.7. The molecule has 4 N–H and O–H groups in total. The van der Waals surface area contributed by atoms with Gasteiger partial charge in [0.15, 0.2) is 17.4 Å². The predicted molar refractivity (Wildman–Crippen MR) is 317 cm³/mol. The van der Waals surface area contributed by atoms with Crippen LogP contribution in [-0.2, 0) is 16.0 Å². The number of hydrogen-bond donors (Lipinski definition) is 4. The number of phenolic OH excluding ortho intramolecular Hbond substituents is 1. The van der Waals surface area contributed by atoms with Crippen LogP contribution >= 0.6 is 11.3 Å². The maximum absolute atomic E-state index is 17.1. The molecule has 4 unspecified atom stereocenters. The number of likely N-dealkylation sites (tertiary alicyclic amines) is 2. The van der Waals surface area contributed by atoms with Crippen LogP contribution in [0.3, 0.4) is 0 Å². The van der Waals surface area contributed by atoms with E-state index in [0.29, 0.717) is 59.6 Å². The van der Waals surface area contributed by atoms with Gasteiger partial charge in [-0.3, -0.25) is 19.5 Å². The Morgan fingerprint density at radius 1 is 0.915 bits per heavy atom. The molecule has 82 heavy (non-hydrogen) atoms. The summed E-state index contributed by atoms with van der Waals surface area (Å²) in [6.07, 6.45) is 9.46. The summed E-state index contributed by atoms with van der Waals surface area (Å²) in [6, 6.07) is 18.9. The molecule has 12 rings (SSSR count). The van der Waals surface area contributed by atoms with E-state index in [9.17, 15) is 19.8 Å². The molecular weight excluding hydrogens is 1060 g/mol. The zero-order valence-corrected chi connectivity index (χ0v) is 48.5. The van der Waals surface area contributed by atoms with Gasteiger partial charge in [0.05, 0.1) is 33.6 Å². The number of phenols is 1. The number of anilines is 2. The number of aromatic nitrogens is 5. The Kier molecular flexibility index (Phi) is 16.2. The van der Waals surface area contributed by atoms with E-state index in [2.05, 4.69) is 42.4 Å². The number of piperazine rings is 1. The second kappa shape index (κ2) is 23.8. The van der Waals surface area contributed by atoms with E-state index in [-0.39, 0.29) is 59.7 Å². The monoisotopic (exact) mass is 1130 g/mol. The van der Waals surface area contributed by atoms with Gasteiger partial charge in [-0.15, -0.1) is 11.3 Å². The smallest absolute Gasteiger partial charge is 0.319 e. The Bertz CT molecular complexity index is 3420. The van der Waals surface area contributed by atoms with Gasteiger partial charge in [0.2, 0.25) is 11.8 Å². The van der Waals surface area contributed by atoms with Crippen molar-refractivity contribution in [2.75, 3.05) is 68.8 Å². The molecule has 7 aromatic rings. The van der Waals surface area contributed by atoms with Crippen LogP contribution < -0.4 is 25.2 Å². The highest BCUT2D eigenvalue weighted by Gasteiger charge is 2.44. The molecule has 2 amide bonds. The zero-order valence-electron chi connectivity index (χ0n) is 47.7. The lowest BCUT2D eigenvalue weighted by atomic mass is 9.83. The second-order valence-corrected chi connectivity index (χ2v) is 24.9. The number of carbonyl (C=O) groups excluding carboxylic acids is 2. The van der Waals surface area contributed by atoms with Crippen molar-refractivity contribution in [2.45, 2.75) is 129 Å². The van der Waals surface area contributed by atoms with E-state index < -0.39 is 23.9 Å². The highest BCUT2D eigenvalue weighted by Crippen LogP contribution is 2.41. The molecule has 17 nitrogen and oxygen atoms in total. The van der Waals surface area contributed by atoms with Crippen molar-refractivity contribution in [3.63, 3.8) is 0 Å². The molecule has 19 heteroatoms. The molecule has 4 aromatic heterocycles. The number of thiazole rings is 1. The molecule has 5 fully saturated rings. The maximum atomic E-state index is 17.1. The van der Waals surface area contributed by atoms with Gasteiger partial charge in [-0.2, -0.15) is 9.97 Å². The van der Waals surface area contributed by atoms with Crippen molar-refractivity contribution in [2.24, 2.45) is 17.8 Å². The molecular formula is C63H76FN11O6S. The number of benzene rings is 3. The summed E-state index contributed by atoms with van der Waals surface area (Å²) < 4.78 is 29.5. The Hall–Kier alpha value is -6.80. The molecule has 6 atom stereocenters. The minimum Gasteiger partial charge on any atom is -0.508 e. The van der Waals surface area contributed by atoms with Crippen LogP contribution in [0.4, 0.5) is 16.0 Å². The van der Waals surface area contributed by atoms with Gasteiger partial charge < -0.3 is 44.8 Å². The molecule has 9 heterocycles. The van der Waals surface area contributed by atoms with Gasteiger partial charge in [0.25, 0.3) is 0 Å². The van der Waals surface area contributed by atoms with Crippen molar-refractivity contribution >= 4 is 56.5 Å². The fourth-order valence-corrected chi connectivity index (χ4v) is 14.5. The number of ether oxygens (including phenoxy) is 1. The first-order valence-corrected chi connectivity index (χ1v) is 30.6.